The lowest BCUT2D eigenvalue weighted by atomic mass is 10.1. The second-order valence-electron chi connectivity index (χ2n) is 7.57. The molecule has 0 unspecified atom stereocenters. The van der Waals surface area contributed by atoms with E-state index in [-0.39, 0.29) is 30.4 Å². The van der Waals surface area contributed by atoms with Crippen molar-refractivity contribution in [2.24, 2.45) is 0 Å². The summed E-state index contributed by atoms with van der Waals surface area (Å²) in [5, 5.41) is 6.26. The average Bonchev–Trinajstić information content (AvgIpc) is 3.10. The fourth-order valence-corrected chi connectivity index (χ4v) is 3.50. The van der Waals surface area contributed by atoms with Gasteiger partial charge in [-0.05, 0) is 49.7 Å². The largest absolute Gasteiger partial charge is 0.436 e. The zero-order valence-electron chi connectivity index (χ0n) is 18.0. The van der Waals surface area contributed by atoms with Gasteiger partial charge in [0.15, 0.2) is 11.6 Å². The van der Waals surface area contributed by atoms with Crippen LogP contribution in [-0.4, -0.2) is 47.0 Å². The Labute approximate surface area is 188 Å². The highest BCUT2D eigenvalue weighted by Crippen LogP contribution is 2.33. The van der Waals surface area contributed by atoms with E-state index in [0.717, 1.165) is 12.1 Å². The summed E-state index contributed by atoms with van der Waals surface area (Å²) in [6.07, 6.45) is 0.400. The Kier molecular flexibility index (Phi) is 6.95. The van der Waals surface area contributed by atoms with E-state index >= 15 is 0 Å². The summed E-state index contributed by atoms with van der Waals surface area (Å²) in [4.78, 5) is 12.5. The summed E-state index contributed by atoms with van der Waals surface area (Å²) < 4.78 is 53.6. The molecule has 4 rings (SSSR count). The number of benzene rings is 2. The van der Waals surface area contributed by atoms with Crippen molar-refractivity contribution in [2.75, 3.05) is 26.3 Å². The molecule has 33 heavy (non-hydrogen) atoms. The van der Waals surface area contributed by atoms with E-state index in [1.54, 1.807) is 11.9 Å². The van der Waals surface area contributed by atoms with E-state index in [1.807, 2.05) is 0 Å². The standard InChI is InChI=1S/C23H23F3N4O3/c1-15-19(7-9-22(31)28-29-10-12-32-13-11-29)23(33-21-8-4-17(25)14-20(21)26)30(27-15)18-5-2-16(24)3-6-18/h2-6,8,14H,7,9-13H2,1H3,(H,28,31). The molecule has 174 valence electrons. The third kappa shape index (κ3) is 5.52. The number of hydrogen-bond donors (Lipinski definition) is 1. The highest BCUT2D eigenvalue weighted by molar-refractivity contribution is 5.75. The van der Waals surface area contributed by atoms with Gasteiger partial charge >= 0.3 is 0 Å². The average molecular weight is 460 g/mol. The Hall–Kier alpha value is -3.37. The van der Waals surface area contributed by atoms with Gasteiger partial charge < -0.3 is 9.47 Å². The molecule has 2 heterocycles. The molecule has 7 nitrogen and oxygen atoms in total. The van der Waals surface area contributed by atoms with E-state index < -0.39 is 17.5 Å². The van der Waals surface area contributed by atoms with Crippen molar-refractivity contribution >= 4 is 5.91 Å². The zero-order chi connectivity index (χ0) is 23.4. The van der Waals surface area contributed by atoms with Gasteiger partial charge in [-0.15, -0.1) is 0 Å². The van der Waals surface area contributed by atoms with Gasteiger partial charge in [0.1, 0.15) is 11.6 Å². The van der Waals surface area contributed by atoms with Gasteiger partial charge in [0.2, 0.25) is 11.8 Å². The summed E-state index contributed by atoms with van der Waals surface area (Å²) in [5.41, 5.74) is 4.48. The second kappa shape index (κ2) is 10.1. The van der Waals surface area contributed by atoms with Crippen LogP contribution in [0, 0.1) is 24.4 Å². The van der Waals surface area contributed by atoms with Crippen LogP contribution in [0.4, 0.5) is 13.2 Å². The molecule has 0 bridgehead atoms. The molecule has 0 saturated carbocycles. The number of aryl methyl sites for hydroxylation is 1. The third-order valence-corrected chi connectivity index (χ3v) is 5.20. The van der Waals surface area contributed by atoms with E-state index in [4.69, 9.17) is 9.47 Å². The van der Waals surface area contributed by atoms with E-state index in [0.29, 0.717) is 43.2 Å². The Morgan fingerprint density at radius 2 is 1.79 bits per heavy atom. The molecule has 1 aliphatic heterocycles. The Morgan fingerprint density at radius 3 is 2.48 bits per heavy atom. The number of amides is 1. The minimum Gasteiger partial charge on any atom is -0.436 e. The normalized spacial score (nSPS) is 14.3. The van der Waals surface area contributed by atoms with Gasteiger partial charge in [-0.3, -0.25) is 10.2 Å². The maximum atomic E-state index is 14.3. The summed E-state index contributed by atoms with van der Waals surface area (Å²) in [6.45, 7) is 4.04. The number of nitrogens with one attached hydrogen (secondary N) is 1. The van der Waals surface area contributed by atoms with Crippen LogP contribution in [0.2, 0.25) is 0 Å². The molecular formula is C23H23F3N4O3. The molecule has 1 amide bonds. The van der Waals surface area contributed by atoms with Crippen molar-refractivity contribution in [3.63, 3.8) is 0 Å². The fourth-order valence-electron chi connectivity index (χ4n) is 3.50. The molecular weight excluding hydrogens is 437 g/mol. The first-order chi connectivity index (χ1) is 15.9. The van der Waals surface area contributed by atoms with Crippen molar-refractivity contribution in [3.8, 4) is 17.3 Å². The van der Waals surface area contributed by atoms with Gasteiger partial charge in [0.05, 0.1) is 24.6 Å². The molecule has 1 aliphatic rings. The fraction of sp³-hybridized carbons (Fsp3) is 0.304. The molecule has 0 aliphatic carbocycles. The predicted octanol–water partition coefficient (Wildman–Crippen LogP) is 3.69. The summed E-state index contributed by atoms with van der Waals surface area (Å²) in [7, 11) is 0. The third-order valence-electron chi connectivity index (χ3n) is 5.20. The van der Waals surface area contributed by atoms with Crippen molar-refractivity contribution in [2.45, 2.75) is 19.8 Å². The number of morpholine rings is 1. The minimum atomic E-state index is -0.879. The molecule has 0 atom stereocenters. The van der Waals surface area contributed by atoms with Crippen LogP contribution < -0.4 is 10.2 Å². The van der Waals surface area contributed by atoms with Crippen molar-refractivity contribution in [1.82, 2.24) is 20.2 Å². The zero-order valence-corrected chi connectivity index (χ0v) is 18.0. The first-order valence-corrected chi connectivity index (χ1v) is 10.5. The molecule has 0 spiro atoms. The minimum absolute atomic E-state index is 0.134. The van der Waals surface area contributed by atoms with Crippen LogP contribution in [0.15, 0.2) is 42.5 Å². The van der Waals surface area contributed by atoms with Gasteiger partial charge in [0, 0.05) is 31.1 Å². The number of rotatable bonds is 7. The quantitative estimate of drug-likeness (QED) is 0.583. The van der Waals surface area contributed by atoms with Crippen LogP contribution in [0.25, 0.3) is 5.69 Å². The van der Waals surface area contributed by atoms with Gasteiger partial charge in [-0.1, -0.05) is 0 Å². The maximum absolute atomic E-state index is 14.3. The molecule has 1 fully saturated rings. The van der Waals surface area contributed by atoms with E-state index in [2.05, 4.69) is 10.5 Å². The lowest BCUT2D eigenvalue weighted by Gasteiger charge is -2.26. The van der Waals surface area contributed by atoms with Gasteiger partial charge in [0.25, 0.3) is 0 Å². The number of nitrogens with zero attached hydrogens (tertiary/aromatic N) is 3. The summed E-state index contributed by atoms with van der Waals surface area (Å²) in [6, 6.07) is 8.52. The molecule has 3 aromatic rings. The van der Waals surface area contributed by atoms with Crippen LogP contribution in [0.3, 0.4) is 0 Å². The molecule has 2 aromatic carbocycles. The summed E-state index contributed by atoms with van der Waals surface area (Å²) in [5.74, 6) is -2.25. The monoisotopic (exact) mass is 460 g/mol. The highest BCUT2D eigenvalue weighted by atomic mass is 19.1. The smallest absolute Gasteiger partial charge is 0.234 e. The van der Waals surface area contributed by atoms with Crippen LogP contribution in [0.1, 0.15) is 17.7 Å². The lowest BCUT2D eigenvalue weighted by Crippen LogP contribution is -2.48. The van der Waals surface area contributed by atoms with Gasteiger partial charge in [-0.25, -0.2) is 22.9 Å². The Morgan fingerprint density at radius 1 is 1.09 bits per heavy atom. The highest BCUT2D eigenvalue weighted by Gasteiger charge is 2.22. The SMILES string of the molecule is Cc1nn(-c2ccc(F)cc2)c(Oc2ccc(F)cc2F)c1CCC(=O)NN1CCOCC1. The maximum Gasteiger partial charge on any atom is 0.234 e. The van der Waals surface area contributed by atoms with Crippen molar-refractivity contribution in [3.05, 3.63) is 71.2 Å². The van der Waals surface area contributed by atoms with Crippen LogP contribution in [0.5, 0.6) is 11.6 Å². The number of aromatic nitrogens is 2. The number of halogens is 3. The Balaban J connectivity index is 1.60. The van der Waals surface area contributed by atoms with E-state index in [9.17, 15) is 18.0 Å². The van der Waals surface area contributed by atoms with Gasteiger partial charge in [-0.2, -0.15) is 5.10 Å². The summed E-state index contributed by atoms with van der Waals surface area (Å²) >= 11 is 0. The predicted molar refractivity (Wildman–Crippen MR) is 114 cm³/mol. The number of hydrogen-bond acceptors (Lipinski definition) is 5. The molecule has 1 saturated heterocycles. The first kappa shape index (κ1) is 22.8. The second-order valence-corrected chi connectivity index (χ2v) is 7.57. The molecule has 0 radical (unpaired) electrons. The number of ether oxygens (including phenoxy) is 2. The van der Waals surface area contributed by atoms with Crippen molar-refractivity contribution in [1.29, 1.82) is 0 Å². The van der Waals surface area contributed by atoms with Crippen LogP contribution >= 0.6 is 0 Å². The number of carbonyl (C=O) groups is 1. The first-order valence-electron chi connectivity index (χ1n) is 10.5. The lowest BCUT2D eigenvalue weighted by molar-refractivity contribution is -0.127. The van der Waals surface area contributed by atoms with Crippen LogP contribution in [-0.2, 0) is 16.0 Å². The number of carbonyl (C=O) groups excluding carboxylic acids is 1. The molecule has 10 heteroatoms. The number of hydrazine groups is 1. The topological polar surface area (TPSA) is 68.6 Å². The van der Waals surface area contributed by atoms with E-state index in [1.165, 1.54) is 35.0 Å². The molecule has 1 N–H and O–H groups in total. The molecule has 1 aromatic heterocycles. The Bertz CT molecular complexity index is 1130. The van der Waals surface area contributed by atoms with Crippen molar-refractivity contribution < 1.29 is 27.4 Å².